The topological polar surface area (TPSA) is 35.5 Å². The lowest BCUT2D eigenvalue weighted by Gasteiger charge is -2.44. The highest BCUT2D eigenvalue weighted by Gasteiger charge is 2.41. The summed E-state index contributed by atoms with van der Waals surface area (Å²) in [6, 6.07) is 8.88. The van der Waals surface area contributed by atoms with Gasteiger partial charge in [0.05, 0.1) is 12.1 Å². The minimum Gasteiger partial charge on any atom is -0.394 e. The lowest BCUT2D eigenvalue weighted by atomic mass is 9.83. The zero-order valence-electron chi connectivity index (χ0n) is 11.1. The molecule has 19 heavy (non-hydrogen) atoms. The molecule has 2 aliphatic rings. The van der Waals surface area contributed by atoms with Crippen LogP contribution in [0.15, 0.2) is 28.7 Å². The predicted octanol–water partition coefficient (Wildman–Crippen LogP) is 2.85. The van der Waals surface area contributed by atoms with Gasteiger partial charge in [0.2, 0.25) is 0 Å². The van der Waals surface area contributed by atoms with Crippen LogP contribution in [0.5, 0.6) is 0 Å². The van der Waals surface area contributed by atoms with Crippen molar-refractivity contribution in [2.45, 2.75) is 37.3 Å². The maximum absolute atomic E-state index is 9.89. The predicted molar refractivity (Wildman–Crippen MR) is 81.4 cm³/mol. The molecule has 0 aromatic heterocycles. The molecule has 2 atom stereocenters. The van der Waals surface area contributed by atoms with Crippen molar-refractivity contribution in [1.29, 1.82) is 0 Å². The maximum atomic E-state index is 9.89. The van der Waals surface area contributed by atoms with E-state index in [-0.39, 0.29) is 12.1 Å². The Labute approximate surface area is 123 Å². The third-order valence-electron chi connectivity index (χ3n) is 4.56. The van der Waals surface area contributed by atoms with Crippen LogP contribution in [0.3, 0.4) is 0 Å². The molecular weight excluding hydrogens is 304 g/mol. The minimum absolute atomic E-state index is 0.140. The summed E-state index contributed by atoms with van der Waals surface area (Å²) in [4.78, 5) is 2.58. The average Bonchev–Trinajstić information content (AvgIpc) is 2.88. The summed E-state index contributed by atoms with van der Waals surface area (Å²) in [5, 5.41) is 13.5. The largest absolute Gasteiger partial charge is 0.394 e. The van der Waals surface area contributed by atoms with Crippen molar-refractivity contribution in [2.75, 3.05) is 25.0 Å². The van der Waals surface area contributed by atoms with Gasteiger partial charge < -0.3 is 15.3 Å². The van der Waals surface area contributed by atoms with E-state index in [9.17, 15) is 5.11 Å². The average molecular weight is 325 g/mol. The number of aliphatic hydroxyl groups is 1. The number of hydrogen-bond donors (Lipinski definition) is 2. The van der Waals surface area contributed by atoms with Crippen molar-refractivity contribution in [2.24, 2.45) is 0 Å². The van der Waals surface area contributed by atoms with Gasteiger partial charge in [-0.25, -0.2) is 0 Å². The van der Waals surface area contributed by atoms with Gasteiger partial charge in [-0.2, -0.15) is 0 Å². The molecule has 2 saturated heterocycles. The number of halogens is 1. The molecule has 104 valence electrons. The Morgan fingerprint density at radius 2 is 2.11 bits per heavy atom. The lowest BCUT2D eigenvalue weighted by molar-refractivity contribution is 0.0964. The van der Waals surface area contributed by atoms with Gasteiger partial charge in [0.25, 0.3) is 0 Å². The van der Waals surface area contributed by atoms with E-state index >= 15 is 0 Å². The SMILES string of the molecule is OCC1(Nc2ccc(Br)cc2)CCN2CCCC2C1. The van der Waals surface area contributed by atoms with E-state index < -0.39 is 0 Å². The van der Waals surface area contributed by atoms with Crippen molar-refractivity contribution in [3.05, 3.63) is 28.7 Å². The van der Waals surface area contributed by atoms with E-state index in [1.54, 1.807) is 0 Å². The third-order valence-corrected chi connectivity index (χ3v) is 5.09. The maximum Gasteiger partial charge on any atom is 0.0662 e. The van der Waals surface area contributed by atoms with Crippen LogP contribution in [0.25, 0.3) is 0 Å². The third kappa shape index (κ3) is 2.81. The van der Waals surface area contributed by atoms with Crippen molar-refractivity contribution in [3.8, 4) is 0 Å². The summed E-state index contributed by atoms with van der Waals surface area (Å²) in [5.74, 6) is 0. The molecule has 0 aliphatic carbocycles. The summed E-state index contributed by atoms with van der Waals surface area (Å²) >= 11 is 3.45. The molecule has 2 N–H and O–H groups in total. The van der Waals surface area contributed by atoms with Crippen LogP contribution < -0.4 is 5.32 Å². The minimum atomic E-state index is -0.140. The molecule has 0 radical (unpaired) electrons. The van der Waals surface area contributed by atoms with Crippen LogP contribution in [0.4, 0.5) is 5.69 Å². The fourth-order valence-corrected chi connectivity index (χ4v) is 3.73. The number of anilines is 1. The highest BCUT2D eigenvalue weighted by atomic mass is 79.9. The molecule has 2 aliphatic heterocycles. The van der Waals surface area contributed by atoms with Gasteiger partial charge in [0.1, 0.15) is 0 Å². The second-order valence-electron chi connectivity index (χ2n) is 5.86. The van der Waals surface area contributed by atoms with Crippen LogP contribution in [-0.4, -0.2) is 41.3 Å². The first-order chi connectivity index (χ1) is 9.21. The molecule has 2 fully saturated rings. The fraction of sp³-hybridized carbons (Fsp3) is 0.600. The monoisotopic (exact) mass is 324 g/mol. The number of aliphatic hydroxyl groups excluding tert-OH is 1. The molecular formula is C15H21BrN2O. The molecule has 0 saturated carbocycles. The van der Waals surface area contributed by atoms with E-state index in [4.69, 9.17) is 0 Å². The zero-order chi connectivity index (χ0) is 13.3. The molecule has 3 rings (SSSR count). The highest BCUT2D eigenvalue weighted by molar-refractivity contribution is 9.10. The molecule has 0 bridgehead atoms. The van der Waals surface area contributed by atoms with Gasteiger partial charge in [-0.05, 0) is 56.5 Å². The van der Waals surface area contributed by atoms with Crippen LogP contribution in [0.1, 0.15) is 25.7 Å². The van der Waals surface area contributed by atoms with Crippen LogP contribution in [0, 0.1) is 0 Å². The van der Waals surface area contributed by atoms with Crippen molar-refractivity contribution in [1.82, 2.24) is 4.90 Å². The molecule has 4 heteroatoms. The van der Waals surface area contributed by atoms with Gasteiger partial charge in [0, 0.05) is 22.7 Å². The highest BCUT2D eigenvalue weighted by Crippen LogP contribution is 2.35. The van der Waals surface area contributed by atoms with Crippen molar-refractivity contribution in [3.63, 3.8) is 0 Å². The number of fused-ring (bicyclic) bond motifs is 1. The molecule has 1 aromatic carbocycles. The Morgan fingerprint density at radius 1 is 1.32 bits per heavy atom. The van der Waals surface area contributed by atoms with E-state index in [1.807, 2.05) is 12.1 Å². The second kappa shape index (κ2) is 5.43. The van der Waals surface area contributed by atoms with Gasteiger partial charge in [0.15, 0.2) is 0 Å². The first kappa shape index (κ1) is 13.4. The summed E-state index contributed by atoms with van der Waals surface area (Å²) < 4.78 is 1.08. The lowest BCUT2D eigenvalue weighted by Crippen LogP contribution is -2.54. The molecule has 2 heterocycles. The van der Waals surface area contributed by atoms with Gasteiger partial charge in [-0.1, -0.05) is 15.9 Å². The van der Waals surface area contributed by atoms with Gasteiger partial charge >= 0.3 is 0 Å². The number of piperidine rings is 1. The first-order valence-electron chi connectivity index (χ1n) is 7.09. The molecule has 0 amide bonds. The van der Waals surface area contributed by atoms with Gasteiger partial charge in [-0.3, -0.25) is 0 Å². The second-order valence-corrected chi connectivity index (χ2v) is 6.77. The quantitative estimate of drug-likeness (QED) is 0.897. The first-order valence-corrected chi connectivity index (χ1v) is 7.89. The number of hydrogen-bond acceptors (Lipinski definition) is 3. The standard InChI is InChI=1S/C15H21BrN2O/c16-12-3-5-13(6-4-12)17-15(11-19)7-9-18-8-1-2-14(18)10-15/h3-6,14,17,19H,1-2,7-11H2. The van der Waals surface area contributed by atoms with Crippen molar-refractivity contribution < 1.29 is 5.11 Å². The van der Waals surface area contributed by atoms with Crippen LogP contribution in [-0.2, 0) is 0 Å². The van der Waals surface area contributed by atoms with Crippen molar-refractivity contribution >= 4 is 21.6 Å². The summed E-state index contributed by atoms with van der Waals surface area (Å²) in [6.45, 7) is 2.56. The molecule has 3 nitrogen and oxygen atoms in total. The van der Waals surface area contributed by atoms with Gasteiger partial charge in [-0.15, -0.1) is 0 Å². The van der Waals surface area contributed by atoms with E-state index in [2.05, 4.69) is 38.3 Å². The van der Waals surface area contributed by atoms with Crippen LogP contribution in [0.2, 0.25) is 0 Å². The molecule has 0 spiro atoms. The van der Waals surface area contributed by atoms with Crippen LogP contribution >= 0.6 is 15.9 Å². The molecule has 2 unspecified atom stereocenters. The van der Waals surface area contributed by atoms with E-state index in [1.165, 1.54) is 19.4 Å². The summed E-state index contributed by atoms with van der Waals surface area (Å²) in [5.41, 5.74) is 0.961. The number of rotatable bonds is 3. The Morgan fingerprint density at radius 3 is 2.84 bits per heavy atom. The smallest absolute Gasteiger partial charge is 0.0662 e. The summed E-state index contributed by atoms with van der Waals surface area (Å²) in [7, 11) is 0. The van der Waals surface area contributed by atoms with E-state index in [0.717, 1.165) is 29.5 Å². The Hall–Kier alpha value is -0.580. The number of nitrogens with one attached hydrogen (secondary N) is 1. The zero-order valence-corrected chi connectivity index (χ0v) is 12.7. The Balaban J connectivity index is 1.74. The normalized spacial score (nSPS) is 31.2. The molecule has 1 aromatic rings. The number of benzene rings is 1. The Bertz CT molecular complexity index is 436. The fourth-order valence-electron chi connectivity index (χ4n) is 3.47. The number of nitrogens with zero attached hydrogens (tertiary/aromatic N) is 1. The summed E-state index contributed by atoms with van der Waals surface area (Å²) in [6.07, 6.45) is 4.67. The van der Waals surface area contributed by atoms with E-state index in [0.29, 0.717) is 6.04 Å². The Kier molecular flexibility index (Phi) is 3.83.